The Hall–Kier alpha value is -1.24. The van der Waals surface area contributed by atoms with Crippen LogP contribution >= 0.6 is 11.6 Å². The second kappa shape index (κ2) is 4.56. The van der Waals surface area contributed by atoms with E-state index in [1.54, 1.807) is 0 Å². The fourth-order valence-corrected chi connectivity index (χ4v) is 1.27. The summed E-state index contributed by atoms with van der Waals surface area (Å²) in [6.45, 7) is 0. The molecule has 0 saturated carbocycles. The van der Waals surface area contributed by atoms with Crippen molar-refractivity contribution >= 4 is 17.4 Å². The third kappa shape index (κ3) is 2.91. The highest BCUT2D eigenvalue weighted by molar-refractivity contribution is 6.31. The van der Waals surface area contributed by atoms with Crippen molar-refractivity contribution in [1.82, 2.24) is 0 Å². The Kier molecular flexibility index (Phi) is 3.71. The van der Waals surface area contributed by atoms with E-state index in [-0.39, 0.29) is 12.1 Å². The van der Waals surface area contributed by atoms with E-state index in [9.17, 15) is 31.1 Å². The van der Waals surface area contributed by atoms with Crippen LogP contribution in [0.1, 0.15) is 15.9 Å². The number of ketones is 1. The molecule has 17 heavy (non-hydrogen) atoms. The van der Waals surface area contributed by atoms with Crippen molar-refractivity contribution in [2.24, 2.45) is 0 Å². The first-order valence-corrected chi connectivity index (χ1v) is 4.41. The van der Waals surface area contributed by atoms with Gasteiger partial charge in [-0.25, -0.2) is 13.2 Å². The topological polar surface area (TPSA) is 17.1 Å². The quantitative estimate of drug-likeness (QED) is 0.590. The zero-order valence-corrected chi connectivity index (χ0v) is 8.54. The molecule has 1 rings (SSSR count). The van der Waals surface area contributed by atoms with Gasteiger partial charge in [-0.15, -0.1) is 0 Å². The predicted molar refractivity (Wildman–Crippen MR) is 46.7 cm³/mol. The second-order valence-electron chi connectivity index (χ2n) is 2.98. The predicted octanol–water partition coefficient (Wildman–Crippen LogP) is 3.95. The van der Waals surface area contributed by atoms with Gasteiger partial charge in [-0.1, -0.05) is 11.6 Å². The van der Waals surface area contributed by atoms with E-state index < -0.39 is 40.4 Å². The van der Waals surface area contributed by atoms with Crippen molar-refractivity contribution in [1.29, 1.82) is 0 Å². The molecule has 0 amide bonds. The zero-order chi connectivity index (χ0) is 13.4. The van der Waals surface area contributed by atoms with Crippen LogP contribution in [0.15, 0.2) is 12.1 Å². The fourth-order valence-electron chi connectivity index (χ4n) is 1.05. The molecule has 0 bridgehead atoms. The van der Waals surface area contributed by atoms with E-state index in [1.807, 2.05) is 0 Å². The average Bonchev–Trinajstić information content (AvgIpc) is 2.19. The molecule has 0 aromatic heterocycles. The first-order valence-electron chi connectivity index (χ1n) is 4.03. The molecule has 0 fully saturated rings. The number of hydrogen-bond acceptors (Lipinski definition) is 1. The zero-order valence-electron chi connectivity index (χ0n) is 7.79. The molecule has 94 valence electrons. The normalized spacial score (nSPS) is 12.0. The smallest absolute Gasteiger partial charge is 0.288 e. The van der Waals surface area contributed by atoms with Gasteiger partial charge in [0.2, 0.25) is 5.78 Å². The standard InChI is InChI=1S/C9H3ClF6O/c10-5-2-3(9(14,15)16)1-4(6(5)11)7(17)8(12)13/h1-2,8H. The van der Waals surface area contributed by atoms with Gasteiger partial charge in [0.05, 0.1) is 16.1 Å². The summed E-state index contributed by atoms with van der Waals surface area (Å²) in [7, 11) is 0. The second-order valence-corrected chi connectivity index (χ2v) is 3.39. The van der Waals surface area contributed by atoms with E-state index in [0.717, 1.165) is 0 Å². The van der Waals surface area contributed by atoms with Crippen LogP contribution in [0, 0.1) is 5.82 Å². The van der Waals surface area contributed by atoms with E-state index >= 15 is 0 Å². The molecule has 1 aromatic rings. The summed E-state index contributed by atoms with van der Waals surface area (Å²) in [6.07, 6.45) is -8.52. The van der Waals surface area contributed by atoms with Gasteiger partial charge in [-0.05, 0) is 12.1 Å². The lowest BCUT2D eigenvalue weighted by Crippen LogP contribution is -2.15. The lowest BCUT2D eigenvalue weighted by Gasteiger charge is -2.10. The van der Waals surface area contributed by atoms with Gasteiger partial charge in [0.15, 0.2) is 5.82 Å². The summed E-state index contributed by atoms with van der Waals surface area (Å²) in [6, 6.07) is 0.231. The van der Waals surface area contributed by atoms with Crippen LogP contribution < -0.4 is 0 Å². The van der Waals surface area contributed by atoms with Crippen molar-refractivity contribution in [3.05, 3.63) is 34.1 Å². The lowest BCUT2D eigenvalue weighted by atomic mass is 10.1. The Morgan fingerprint density at radius 1 is 1.24 bits per heavy atom. The highest BCUT2D eigenvalue weighted by Gasteiger charge is 2.34. The van der Waals surface area contributed by atoms with Crippen LogP contribution in [0.5, 0.6) is 0 Å². The minimum atomic E-state index is -4.91. The molecule has 0 radical (unpaired) electrons. The molecule has 0 unspecified atom stereocenters. The summed E-state index contributed by atoms with van der Waals surface area (Å²) in [5.41, 5.74) is -2.84. The molecule has 0 aliphatic heterocycles. The number of halogens is 7. The van der Waals surface area contributed by atoms with Crippen LogP contribution in [0.3, 0.4) is 0 Å². The van der Waals surface area contributed by atoms with Crippen molar-refractivity contribution in [2.45, 2.75) is 12.6 Å². The van der Waals surface area contributed by atoms with E-state index in [2.05, 4.69) is 0 Å². The number of benzene rings is 1. The molecule has 8 heteroatoms. The summed E-state index contributed by atoms with van der Waals surface area (Å²) in [4.78, 5) is 10.8. The van der Waals surface area contributed by atoms with Crippen LogP contribution in [-0.4, -0.2) is 12.2 Å². The van der Waals surface area contributed by atoms with Gasteiger partial charge in [0, 0.05) is 0 Å². The van der Waals surface area contributed by atoms with E-state index in [4.69, 9.17) is 11.6 Å². The molecule has 0 aliphatic carbocycles. The van der Waals surface area contributed by atoms with E-state index in [0.29, 0.717) is 0 Å². The highest BCUT2D eigenvalue weighted by Crippen LogP contribution is 2.33. The Morgan fingerprint density at radius 2 is 1.76 bits per heavy atom. The third-order valence-corrected chi connectivity index (χ3v) is 2.09. The molecule has 0 spiro atoms. The average molecular weight is 277 g/mol. The summed E-state index contributed by atoms with van der Waals surface area (Å²) in [5, 5.41) is -1.04. The molecule has 0 heterocycles. The fraction of sp³-hybridized carbons (Fsp3) is 0.222. The van der Waals surface area contributed by atoms with Gasteiger partial charge in [0.25, 0.3) is 0 Å². The molecule has 1 aromatic carbocycles. The Balaban J connectivity index is 3.41. The molecule has 0 saturated heterocycles. The Bertz CT molecular complexity index is 454. The summed E-state index contributed by atoms with van der Waals surface area (Å²) < 4.78 is 73.9. The molecular formula is C9H3ClF6O. The van der Waals surface area contributed by atoms with Crippen LogP contribution in [0.4, 0.5) is 26.3 Å². The van der Waals surface area contributed by atoms with Crippen molar-refractivity contribution in [3.63, 3.8) is 0 Å². The van der Waals surface area contributed by atoms with E-state index in [1.165, 1.54) is 0 Å². The largest absolute Gasteiger partial charge is 0.416 e. The summed E-state index contributed by atoms with van der Waals surface area (Å²) >= 11 is 5.10. The molecular weight excluding hydrogens is 274 g/mol. The van der Waals surface area contributed by atoms with Gasteiger partial charge in [0.1, 0.15) is 0 Å². The number of Topliss-reactive ketones (excluding diaryl/α,β-unsaturated/α-hetero) is 1. The van der Waals surface area contributed by atoms with Crippen molar-refractivity contribution in [2.75, 3.05) is 0 Å². The van der Waals surface area contributed by atoms with Crippen molar-refractivity contribution in [3.8, 4) is 0 Å². The SMILES string of the molecule is O=C(c1cc(C(F)(F)F)cc(Cl)c1F)C(F)F. The van der Waals surface area contributed by atoms with Gasteiger partial charge < -0.3 is 0 Å². The molecule has 0 atom stereocenters. The summed E-state index contributed by atoms with van der Waals surface area (Å²) in [5.74, 6) is -3.64. The molecule has 1 nitrogen and oxygen atoms in total. The number of carbonyl (C=O) groups excluding carboxylic acids is 1. The van der Waals surface area contributed by atoms with Crippen LogP contribution in [0.2, 0.25) is 5.02 Å². The van der Waals surface area contributed by atoms with Crippen molar-refractivity contribution < 1.29 is 31.1 Å². The maximum atomic E-state index is 13.1. The number of hydrogen-bond donors (Lipinski definition) is 0. The lowest BCUT2D eigenvalue weighted by molar-refractivity contribution is -0.137. The monoisotopic (exact) mass is 276 g/mol. The van der Waals surface area contributed by atoms with Crippen LogP contribution in [-0.2, 0) is 6.18 Å². The third-order valence-electron chi connectivity index (χ3n) is 1.82. The first kappa shape index (κ1) is 13.8. The van der Waals surface area contributed by atoms with Gasteiger partial charge in [-0.3, -0.25) is 4.79 Å². The Morgan fingerprint density at radius 3 is 2.18 bits per heavy atom. The van der Waals surface area contributed by atoms with Gasteiger partial charge >= 0.3 is 12.6 Å². The maximum Gasteiger partial charge on any atom is 0.416 e. The Labute approximate surface area is 96.0 Å². The number of rotatable bonds is 2. The van der Waals surface area contributed by atoms with Gasteiger partial charge in [-0.2, -0.15) is 13.2 Å². The minimum absolute atomic E-state index is 0.00963. The minimum Gasteiger partial charge on any atom is -0.288 e. The maximum absolute atomic E-state index is 13.1. The molecule has 0 aliphatic rings. The van der Waals surface area contributed by atoms with Crippen LogP contribution in [0.25, 0.3) is 0 Å². The first-order chi connectivity index (χ1) is 7.64. The molecule has 0 N–H and O–H groups in total. The number of alkyl halides is 5. The number of carbonyl (C=O) groups is 1. The highest BCUT2D eigenvalue weighted by atomic mass is 35.5.